The van der Waals surface area contributed by atoms with Crippen molar-refractivity contribution in [3.8, 4) is 0 Å². The molecule has 0 saturated heterocycles. The maximum absolute atomic E-state index is 14.0. The predicted molar refractivity (Wildman–Crippen MR) is 131 cm³/mol. The summed E-state index contributed by atoms with van der Waals surface area (Å²) in [4.78, 5) is 20.0. The first kappa shape index (κ1) is 20.8. The number of hydrogen-bond donors (Lipinski definition) is 1. The highest BCUT2D eigenvalue weighted by atomic mass is 32.1. The van der Waals surface area contributed by atoms with E-state index in [2.05, 4.69) is 34.6 Å². The van der Waals surface area contributed by atoms with E-state index >= 15 is 0 Å². The number of fused-ring (bicyclic) bond motifs is 4. The first-order valence-electron chi connectivity index (χ1n) is 11.7. The van der Waals surface area contributed by atoms with Crippen LogP contribution in [0.1, 0.15) is 33.6 Å². The number of nitrogens with zero attached hydrogens (tertiary/aromatic N) is 2. The standard InChI is InChI=1S/C27H26FN3OS/c28-23-8-4-3-5-17(23)11-12-31-16-29-26-25(27(31)32)22-10-9-20(15-24(22)33-26)30-21-13-18-6-1-2-7-19(18)14-21/h1-8,16,20-21,30H,9-15H2. The largest absolute Gasteiger partial charge is 0.310 e. The Morgan fingerprint density at radius 3 is 2.58 bits per heavy atom. The van der Waals surface area contributed by atoms with Gasteiger partial charge in [-0.3, -0.25) is 9.36 Å². The monoisotopic (exact) mass is 459 g/mol. The summed E-state index contributed by atoms with van der Waals surface area (Å²) >= 11 is 1.66. The van der Waals surface area contributed by atoms with Gasteiger partial charge in [-0.05, 0) is 66.8 Å². The third kappa shape index (κ3) is 3.91. The lowest BCUT2D eigenvalue weighted by atomic mass is 9.92. The van der Waals surface area contributed by atoms with Crippen molar-refractivity contribution in [1.29, 1.82) is 0 Å². The molecule has 2 aromatic carbocycles. The summed E-state index contributed by atoms with van der Waals surface area (Å²) in [6.45, 7) is 0.430. The van der Waals surface area contributed by atoms with Crippen LogP contribution in [0, 0.1) is 5.82 Å². The molecule has 2 aromatic heterocycles. The Bertz CT molecular complexity index is 1370. The van der Waals surface area contributed by atoms with Crippen molar-refractivity contribution in [3.05, 3.63) is 98.2 Å². The van der Waals surface area contributed by atoms with Crippen LogP contribution in [0.2, 0.25) is 0 Å². The third-order valence-electron chi connectivity index (χ3n) is 7.14. The molecule has 0 radical (unpaired) electrons. The van der Waals surface area contributed by atoms with Crippen LogP contribution in [0.4, 0.5) is 4.39 Å². The molecule has 2 aliphatic rings. The predicted octanol–water partition coefficient (Wildman–Crippen LogP) is 4.45. The molecule has 0 spiro atoms. The minimum Gasteiger partial charge on any atom is -0.310 e. The molecule has 4 nitrogen and oxygen atoms in total. The van der Waals surface area contributed by atoms with Gasteiger partial charge >= 0.3 is 0 Å². The zero-order valence-electron chi connectivity index (χ0n) is 18.4. The normalized spacial score (nSPS) is 17.9. The van der Waals surface area contributed by atoms with Crippen LogP contribution < -0.4 is 10.9 Å². The highest BCUT2D eigenvalue weighted by molar-refractivity contribution is 7.18. The van der Waals surface area contributed by atoms with Gasteiger partial charge in [0.15, 0.2) is 0 Å². The Labute approximate surface area is 196 Å². The number of aromatic nitrogens is 2. The minimum absolute atomic E-state index is 0.00601. The second kappa shape index (κ2) is 8.50. The quantitative estimate of drug-likeness (QED) is 0.480. The number of nitrogens with one attached hydrogen (secondary N) is 1. The van der Waals surface area contributed by atoms with Crippen LogP contribution in [0.3, 0.4) is 0 Å². The zero-order valence-corrected chi connectivity index (χ0v) is 19.2. The average molecular weight is 460 g/mol. The molecular formula is C27H26FN3OS. The molecule has 2 aliphatic carbocycles. The number of halogens is 1. The summed E-state index contributed by atoms with van der Waals surface area (Å²) in [5.41, 5.74) is 4.74. The summed E-state index contributed by atoms with van der Waals surface area (Å²) < 4.78 is 15.6. The van der Waals surface area contributed by atoms with Crippen molar-refractivity contribution in [2.75, 3.05) is 0 Å². The van der Waals surface area contributed by atoms with Gasteiger partial charge in [-0.1, -0.05) is 42.5 Å². The van der Waals surface area contributed by atoms with Crippen LogP contribution in [0.25, 0.3) is 10.2 Å². The van der Waals surface area contributed by atoms with Crippen LogP contribution >= 0.6 is 11.3 Å². The molecule has 0 aliphatic heterocycles. The molecule has 6 heteroatoms. The summed E-state index contributed by atoms with van der Waals surface area (Å²) in [5.74, 6) is -0.226. The molecule has 1 atom stereocenters. The summed E-state index contributed by atoms with van der Waals surface area (Å²) in [6.07, 6.45) is 7.19. The lowest BCUT2D eigenvalue weighted by Crippen LogP contribution is -2.41. The topological polar surface area (TPSA) is 46.9 Å². The maximum Gasteiger partial charge on any atom is 0.262 e. The molecule has 33 heavy (non-hydrogen) atoms. The second-order valence-corrected chi connectivity index (χ2v) is 10.3. The molecule has 168 valence electrons. The molecule has 0 bridgehead atoms. The van der Waals surface area contributed by atoms with Crippen molar-refractivity contribution in [2.45, 2.75) is 57.2 Å². The molecule has 6 rings (SSSR count). The molecular weight excluding hydrogens is 433 g/mol. The molecule has 0 amide bonds. The average Bonchev–Trinajstić information content (AvgIpc) is 3.40. The fourth-order valence-electron chi connectivity index (χ4n) is 5.45. The van der Waals surface area contributed by atoms with Gasteiger partial charge in [0.1, 0.15) is 10.6 Å². The smallest absolute Gasteiger partial charge is 0.262 e. The zero-order chi connectivity index (χ0) is 22.4. The molecule has 2 heterocycles. The van der Waals surface area contributed by atoms with E-state index in [-0.39, 0.29) is 11.4 Å². The summed E-state index contributed by atoms with van der Waals surface area (Å²) in [7, 11) is 0. The SMILES string of the molecule is O=c1c2c3c(sc2ncn1CCc1ccccc1F)CC(NC1Cc2ccccc2C1)CC3. The van der Waals surface area contributed by atoms with Crippen molar-refractivity contribution in [1.82, 2.24) is 14.9 Å². The molecule has 1 unspecified atom stereocenters. The second-order valence-electron chi connectivity index (χ2n) is 9.25. The third-order valence-corrected chi connectivity index (χ3v) is 8.30. The van der Waals surface area contributed by atoms with E-state index in [1.807, 2.05) is 6.07 Å². The Kier molecular flexibility index (Phi) is 5.35. The van der Waals surface area contributed by atoms with Gasteiger partial charge in [-0.15, -0.1) is 11.3 Å². The van der Waals surface area contributed by atoms with Crippen molar-refractivity contribution >= 4 is 21.6 Å². The number of rotatable bonds is 5. The Balaban J connectivity index is 1.19. The van der Waals surface area contributed by atoms with Gasteiger partial charge in [0.25, 0.3) is 5.56 Å². The molecule has 1 N–H and O–H groups in total. The van der Waals surface area contributed by atoms with E-state index in [0.29, 0.717) is 30.6 Å². The van der Waals surface area contributed by atoms with Crippen molar-refractivity contribution < 1.29 is 4.39 Å². The van der Waals surface area contributed by atoms with E-state index < -0.39 is 0 Å². The van der Waals surface area contributed by atoms with Gasteiger partial charge in [0.05, 0.1) is 11.7 Å². The maximum atomic E-state index is 14.0. The highest BCUT2D eigenvalue weighted by Crippen LogP contribution is 2.34. The molecule has 0 fully saturated rings. The lowest BCUT2D eigenvalue weighted by Gasteiger charge is -2.26. The number of aryl methyl sites for hydroxylation is 3. The fraction of sp³-hybridized carbons (Fsp3) is 0.333. The van der Waals surface area contributed by atoms with E-state index in [1.54, 1.807) is 34.4 Å². The molecule has 4 aromatic rings. The minimum atomic E-state index is -0.226. The van der Waals surface area contributed by atoms with E-state index in [9.17, 15) is 9.18 Å². The van der Waals surface area contributed by atoms with Gasteiger partial charge in [-0.2, -0.15) is 0 Å². The summed E-state index contributed by atoms with van der Waals surface area (Å²) in [6, 6.07) is 16.4. The Morgan fingerprint density at radius 1 is 1.03 bits per heavy atom. The van der Waals surface area contributed by atoms with Gasteiger partial charge in [0, 0.05) is 23.5 Å². The van der Waals surface area contributed by atoms with E-state index in [1.165, 1.54) is 27.6 Å². The van der Waals surface area contributed by atoms with Crippen LogP contribution in [0.5, 0.6) is 0 Å². The van der Waals surface area contributed by atoms with Gasteiger partial charge < -0.3 is 5.32 Å². The van der Waals surface area contributed by atoms with Crippen molar-refractivity contribution in [3.63, 3.8) is 0 Å². The van der Waals surface area contributed by atoms with Gasteiger partial charge in [-0.25, -0.2) is 9.37 Å². The number of benzene rings is 2. The van der Waals surface area contributed by atoms with E-state index in [0.717, 1.165) is 42.3 Å². The number of hydrogen-bond acceptors (Lipinski definition) is 4. The van der Waals surface area contributed by atoms with Crippen LogP contribution in [-0.4, -0.2) is 21.6 Å². The first-order chi connectivity index (χ1) is 16.2. The van der Waals surface area contributed by atoms with Gasteiger partial charge in [0.2, 0.25) is 0 Å². The lowest BCUT2D eigenvalue weighted by molar-refractivity contribution is 0.402. The fourth-order valence-corrected chi connectivity index (χ4v) is 6.71. The van der Waals surface area contributed by atoms with Crippen molar-refractivity contribution in [2.24, 2.45) is 0 Å². The van der Waals surface area contributed by atoms with E-state index in [4.69, 9.17) is 0 Å². The highest BCUT2D eigenvalue weighted by Gasteiger charge is 2.28. The van der Waals surface area contributed by atoms with Crippen LogP contribution in [0.15, 0.2) is 59.7 Å². The number of thiophene rings is 1. The first-order valence-corrected chi connectivity index (χ1v) is 12.5. The Morgan fingerprint density at radius 2 is 1.79 bits per heavy atom. The summed E-state index contributed by atoms with van der Waals surface area (Å²) in [5, 5.41) is 4.66. The molecule has 0 saturated carbocycles. The van der Waals surface area contributed by atoms with Crippen LogP contribution in [-0.2, 0) is 38.6 Å². The Hall–Kier alpha value is -2.83.